The van der Waals surface area contributed by atoms with E-state index in [1.807, 2.05) is 73.7 Å². The maximum atomic E-state index is 13.3. The van der Waals surface area contributed by atoms with Gasteiger partial charge in [0.25, 0.3) is 0 Å². The number of carbonyl (C=O) groups is 1. The molecule has 0 bridgehead atoms. The Morgan fingerprint density at radius 2 is 1.63 bits per heavy atom. The molecule has 6 nitrogen and oxygen atoms in total. The first-order valence-electron chi connectivity index (χ1n) is 12.7. The van der Waals surface area contributed by atoms with Crippen LogP contribution in [0.15, 0.2) is 84.9 Å². The van der Waals surface area contributed by atoms with Crippen LogP contribution in [0.4, 0.5) is 10.5 Å². The van der Waals surface area contributed by atoms with Crippen LogP contribution in [-0.2, 0) is 5.41 Å². The number of urea groups is 1. The molecule has 3 aromatic carbocycles. The van der Waals surface area contributed by atoms with E-state index < -0.39 is 18.2 Å². The Bertz CT molecular complexity index is 1520. The van der Waals surface area contributed by atoms with E-state index in [1.165, 1.54) is 0 Å². The van der Waals surface area contributed by atoms with E-state index >= 15 is 0 Å². The monoisotopic (exact) mass is 502 g/mol. The summed E-state index contributed by atoms with van der Waals surface area (Å²) in [6.07, 6.45) is -0.165. The highest BCUT2D eigenvalue weighted by molar-refractivity contribution is 5.94. The number of rotatable bonds is 4. The molecule has 0 aliphatic heterocycles. The lowest BCUT2D eigenvalue weighted by Crippen LogP contribution is -2.45. The summed E-state index contributed by atoms with van der Waals surface area (Å²) in [6, 6.07) is 28.1. The first kappa shape index (κ1) is 25.2. The van der Waals surface area contributed by atoms with Crippen LogP contribution in [-0.4, -0.2) is 22.2 Å². The van der Waals surface area contributed by atoms with Crippen molar-refractivity contribution in [3.63, 3.8) is 0 Å². The summed E-state index contributed by atoms with van der Waals surface area (Å²) in [5.41, 5.74) is 7.07. The van der Waals surface area contributed by atoms with Gasteiger partial charge in [-0.05, 0) is 53.6 Å². The number of aliphatic hydroxyl groups excluding tert-OH is 1. The summed E-state index contributed by atoms with van der Waals surface area (Å²) in [5, 5.41) is 26.1. The SMILES string of the molecule is Cc1cc(NC(=O)N[C@@H]2c3ccccc3C(C)(C)C[C@H]2O)c(-c2ccccc2)nc1-c1ccc(C#N)cc1. The fourth-order valence-electron chi connectivity index (χ4n) is 5.34. The maximum Gasteiger partial charge on any atom is 0.319 e. The van der Waals surface area contributed by atoms with Gasteiger partial charge in [-0.1, -0.05) is 80.6 Å². The molecule has 2 atom stereocenters. The number of pyridine rings is 1. The number of anilines is 1. The van der Waals surface area contributed by atoms with Crippen molar-refractivity contribution in [2.24, 2.45) is 0 Å². The minimum absolute atomic E-state index is 0.187. The molecule has 5 rings (SSSR count). The van der Waals surface area contributed by atoms with E-state index in [1.54, 1.807) is 12.1 Å². The van der Waals surface area contributed by atoms with Crippen molar-refractivity contribution in [2.45, 2.75) is 44.8 Å². The molecule has 190 valence electrons. The molecule has 0 saturated heterocycles. The van der Waals surface area contributed by atoms with Crippen molar-refractivity contribution in [1.82, 2.24) is 10.3 Å². The summed E-state index contributed by atoms with van der Waals surface area (Å²) in [7, 11) is 0. The third-order valence-electron chi connectivity index (χ3n) is 7.21. The van der Waals surface area contributed by atoms with Crippen LogP contribution in [0.25, 0.3) is 22.5 Å². The van der Waals surface area contributed by atoms with Gasteiger partial charge < -0.3 is 15.7 Å². The van der Waals surface area contributed by atoms with E-state index in [4.69, 9.17) is 10.2 Å². The lowest BCUT2D eigenvalue weighted by molar-refractivity contribution is 0.0883. The normalized spacial score (nSPS) is 17.7. The second-order valence-electron chi connectivity index (χ2n) is 10.4. The summed E-state index contributed by atoms with van der Waals surface area (Å²) in [6.45, 7) is 6.17. The van der Waals surface area contributed by atoms with Gasteiger partial charge in [0.15, 0.2) is 0 Å². The van der Waals surface area contributed by atoms with Crippen LogP contribution in [0, 0.1) is 18.3 Å². The number of amides is 2. The van der Waals surface area contributed by atoms with Crippen molar-refractivity contribution in [2.75, 3.05) is 5.32 Å². The topological polar surface area (TPSA) is 98.0 Å². The first-order chi connectivity index (χ1) is 18.3. The molecule has 0 unspecified atom stereocenters. The zero-order valence-corrected chi connectivity index (χ0v) is 21.7. The Kier molecular flexibility index (Phi) is 6.71. The molecule has 1 aliphatic rings. The predicted octanol–water partition coefficient (Wildman–Crippen LogP) is 6.50. The predicted molar refractivity (Wildman–Crippen MR) is 150 cm³/mol. The van der Waals surface area contributed by atoms with Crippen molar-refractivity contribution in [1.29, 1.82) is 5.26 Å². The fourth-order valence-corrected chi connectivity index (χ4v) is 5.34. The number of fused-ring (bicyclic) bond motifs is 1. The molecule has 38 heavy (non-hydrogen) atoms. The Labute approximate surface area is 223 Å². The van der Waals surface area contributed by atoms with Gasteiger partial charge in [-0.2, -0.15) is 5.26 Å². The third kappa shape index (κ3) is 4.89. The molecule has 0 spiro atoms. The minimum atomic E-state index is -0.710. The highest BCUT2D eigenvalue weighted by Gasteiger charge is 2.39. The Balaban J connectivity index is 1.48. The van der Waals surface area contributed by atoms with Gasteiger partial charge in [-0.25, -0.2) is 9.78 Å². The molecule has 1 aromatic heterocycles. The number of aliphatic hydroxyl groups is 1. The van der Waals surface area contributed by atoms with Crippen LogP contribution in [0.5, 0.6) is 0 Å². The van der Waals surface area contributed by atoms with Gasteiger partial charge in [0.05, 0.1) is 40.9 Å². The van der Waals surface area contributed by atoms with Crippen LogP contribution in [0.3, 0.4) is 0 Å². The number of nitriles is 1. The highest BCUT2D eigenvalue weighted by atomic mass is 16.3. The Morgan fingerprint density at radius 3 is 2.34 bits per heavy atom. The average molecular weight is 503 g/mol. The standard InChI is InChI=1S/C32H30N4O2/c1-20-17-26(34-31(38)36-30-24-11-7-8-12-25(24)32(2,3)18-27(30)37)29(22-9-5-4-6-10-22)35-28(20)23-15-13-21(19-33)14-16-23/h4-17,27,30,37H,18H2,1-3H3,(H2,34,36,38)/t27-,30-/m1/s1. The highest BCUT2D eigenvalue weighted by Crippen LogP contribution is 2.41. The summed E-state index contributed by atoms with van der Waals surface area (Å²) < 4.78 is 0. The van der Waals surface area contributed by atoms with Crippen molar-refractivity contribution < 1.29 is 9.90 Å². The minimum Gasteiger partial charge on any atom is -0.391 e. The third-order valence-corrected chi connectivity index (χ3v) is 7.21. The van der Waals surface area contributed by atoms with Gasteiger partial charge in [0.2, 0.25) is 0 Å². The smallest absolute Gasteiger partial charge is 0.319 e. The number of aromatic nitrogens is 1. The average Bonchev–Trinajstić information content (AvgIpc) is 2.91. The number of hydrogen-bond donors (Lipinski definition) is 3. The summed E-state index contributed by atoms with van der Waals surface area (Å²) in [5.74, 6) is 0. The molecule has 3 N–H and O–H groups in total. The quantitative estimate of drug-likeness (QED) is 0.297. The molecule has 0 fully saturated rings. The molecule has 4 aromatic rings. The van der Waals surface area contributed by atoms with E-state index in [0.717, 1.165) is 33.5 Å². The largest absolute Gasteiger partial charge is 0.391 e. The number of nitrogens with one attached hydrogen (secondary N) is 2. The molecule has 0 radical (unpaired) electrons. The van der Waals surface area contributed by atoms with Crippen molar-refractivity contribution >= 4 is 11.7 Å². The zero-order chi connectivity index (χ0) is 26.9. The summed E-state index contributed by atoms with van der Waals surface area (Å²) >= 11 is 0. The fraction of sp³-hybridized carbons (Fsp3) is 0.219. The molecular weight excluding hydrogens is 472 g/mol. The number of hydrogen-bond acceptors (Lipinski definition) is 4. The first-order valence-corrected chi connectivity index (χ1v) is 12.7. The van der Waals surface area contributed by atoms with Gasteiger partial charge >= 0.3 is 6.03 Å². The van der Waals surface area contributed by atoms with E-state index in [2.05, 4.69) is 36.6 Å². The Hall–Kier alpha value is -4.47. The van der Waals surface area contributed by atoms with Crippen LogP contribution < -0.4 is 10.6 Å². The summed E-state index contributed by atoms with van der Waals surface area (Å²) in [4.78, 5) is 18.3. The Morgan fingerprint density at radius 1 is 0.974 bits per heavy atom. The lowest BCUT2D eigenvalue weighted by atomic mass is 9.70. The maximum absolute atomic E-state index is 13.3. The van der Waals surface area contributed by atoms with Crippen molar-refractivity contribution in [3.05, 3.63) is 107 Å². The molecule has 1 heterocycles. The van der Waals surface area contributed by atoms with Crippen LogP contribution in [0.2, 0.25) is 0 Å². The van der Waals surface area contributed by atoms with Gasteiger partial charge in [0.1, 0.15) is 0 Å². The van der Waals surface area contributed by atoms with E-state index in [0.29, 0.717) is 23.4 Å². The number of benzene rings is 3. The van der Waals surface area contributed by atoms with E-state index in [9.17, 15) is 9.90 Å². The molecule has 6 heteroatoms. The molecule has 1 aliphatic carbocycles. The van der Waals surface area contributed by atoms with Gasteiger partial charge in [-0.15, -0.1) is 0 Å². The van der Waals surface area contributed by atoms with Crippen molar-refractivity contribution in [3.8, 4) is 28.6 Å². The molecule has 2 amide bonds. The number of aryl methyl sites for hydroxylation is 1. The second-order valence-corrected chi connectivity index (χ2v) is 10.4. The van der Waals surface area contributed by atoms with Gasteiger partial charge in [-0.3, -0.25) is 0 Å². The molecular formula is C32H30N4O2. The van der Waals surface area contributed by atoms with Crippen LogP contribution in [0.1, 0.15) is 48.6 Å². The number of nitrogens with zero attached hydrogens (tertiary/aromatic N) is 2. The second kappa shape index (κ2) is 10.1. The lowest BCUT2D eigenvalue weighted by Gasteiger charge is -2.40. The zero-order valence-electron chi connectivity index (χ0n) is 21.7. The van der Waals surface area contributed by atoms with Crippen LogP contribution >= 0.6 is 0 Å². The molecule has 0 saturated carbocycles. The van der Waals surface area contributed by atoms with Gasteiger partial charge in [0, 0.05) is 11.1 Å². The van der Waals surface area contributed by atoms with E-state index in [-0.39, 0.29) is 5.41 Å². The number of carbonyl (C=O) groups excluding carboxylic acids is 1.